The number of anilines is 1. The Hall–Kier alpha value is -1.76. The molecule has 0 amide bonds. The third-order valence-corrected chi connectivity index (χ3v) is 2.41. The van der Waals surface area contributed by atoms with E-state index in [1.54, 1.807) is 6.21 Å². The molecule has 0 saturated carbocycles. The van der Waals surface area contributed by atoms with Gasteiger partial charge in [0, 0.05) is 10.0 Å². The van der Waals surface area contributed by atoms with Crippen LogP contribution in [0, 0.1) is 0 Å². The second kappa shape index (κ2) is 4.18. The van der Waals surface area contributed by atoms with Crippen molar-refractivity contribution in [1.29, 1.82) is 0 Å². The van der Waals surface area contributed by atoms with Gasteiger partial charge in [-0.2, -0.15) is 5.10 Å². The van der Waals surface area contributed by atoms with Crippen LogP contribution in [0.15, 0.2) is 33.8 Å². The number of aromatic nitrogens is 4. The fourth-order valence-electron chi connectivity index (χ4n) is 0.968. The third-order valence-electron chi connectivity index (χ3n) is 1.69. The lowest BCUT2D eigenvalue weighted by Crippen LogP contribution is -1.99. The molecule has 2 N–H and O–H groups in total. The van der Waals surface area contributed by atoms with E-state index in [0.717, 1.165) is 14.8 Å². The molecule has 7 heteroatoms. The Morgan fingerprint density at radius 2 is 2.20 bits per heavy atom. The molecule has 1 aromatic carbocycles. The molecule has 1 heterocycles. The van der Waals surface area contributed by atoms with Gasteiger partial charge in [0.05, 0.1) is 6.21 Å². The third kappa shape index (κ3) is 2.18. The van der Waals surface area contributed by atoms with Crippen molar-refractivity contribution < 1.29 is 0 Å². The number of tetrazole rings is 1. The lowest BCUT2D eigenvalue weighted by molar-refractivity contribution is 0.699. The van der Waals surface area contributed by atoms with E-state index in [1.165, 1.54) is 0 Å². The van der Waals surface area contributed by atoms with Crippen LogP contribution in [0.2, 0.25) is 0 Å². The summed E-state index contributed by atoms with van der Waals surface area (Å²) in [5, 5.41) is 14.4. The zero-order chi connectivity index (χ0) is 10.7. The minimum atomic E-state index is 0.151. The number of nitrogens with two attached hydrogens (primary N) is 1. The number of rotatable bonds is 2. The van der Waals surface area contributed by atoms with E-state index in [9.17, 15) is 0 Å². The molecule has 0 saturated heterocycles. The smallest absolute Gasteiger partial charge is 0.263 e. The van der Waals surface area contributed by atoms with Crippen molar-refractivity contribution in [3.63, 3.8) is 0 Å². The highest BCUT2D eigenvalue weighted by Gasteiger charge is 1.98. The second-order valence-electron chi connectivity index (χ2n) is 2.69. The van der Waals surface area contributed by atoms with Crippen LogP contribution >= 0.6 is 15.9 Å². The molecule has 0 aliphatic rings. The molecule has 0 aliphatic heterocycles. The van der Waals surface area contributed by atoms with Crippen molar-refractivity contribution in [2.24, 2.45) is 5.10 Å². The first kappa shape index (κ1) is 9.78. The summed E-state index contributed by atoms with van der Waals surface area (Å²) in [7, 11) is 0. The van der Waals surface area contributed by atoms with E-state index < -0.39 is 0 Å². The maximum absolute atomic E-state index is 5.44. The van der Waals surface area contributed by atoms with E-state index in [1.807, 2.05) is 24.3 Å². The van der Waals surface area contributed by atoms with Crippen LogP contribution in [0.3, 0.4) is 0 Å². The Bertz CT molecular complexity index is 491. The predicted octanol–water partition coefficient (Wildman–Crippen LogP) is 0.900. The van der Waals surface area contributed by atoms with Crippen LogP contribution in [0.1, 0.15) is 5.56 Å². The highest BCUT2D eigenvalue weighted by Crippen LogP contribution is 2.13. The monoisotopic (exact) mass is 266 g/mol. The van der Waals surface area contributed by atoms with Crippen molar-refractivity contribution in [2.45, 2.75) is 0 Å². The number of hydrogen-bond acceptors (Lipinski definition) is 5. The normalized spacial score (nSPS) is 11.0. The molecule has 2 rings (SSSR count). The van der Waals surface area contributed by atoms with Crippen molar-refractivity contribution >= 4 is 28.1 Å². The number of halogens is 1. The highest BCUT2D eigenvalue weighted by atomic mass is 79.9. The summed E-state index contributed by atoms with van der Waals surface area (Å²) < 4.78 is 0.945. The summed E-state index contributed by atoms with van der Waals surface area (Å²) in [5.74, 6) is 0.151. The van der Waals surface area contributed by atoms with Crippen molar-refractivity contribution in [1.82, 2.24) is 20.3 Å². The van der Waals surface area contributed by atoms with Crippen molar-refractivity contribution in [3.8, 4) is 0 Å². The molecule has 2 aromatic rings. The molecule has 1 aromatic heterocycles. The van der Waals surface area contributed by atoms with Crippen LogP contribution in [-0.4, -0.2) is 26.5 Å². The molecule has 0 aliphatic carbocycles. The van der Waals surface area contributed by atoms with Gasteiger partial charge in [-0.05, 0) is 16.5 Å². The van der Waals surface area contributed by atoms with Crippen LogP contribution in [0.25, 0.3) is 0 Å². The maximum atomic E-state index is 5.44. The average molecular weight is 267 g/mol. The minimum absolute atomic E-state index is 0.151. The summed E-state index contributed by atoms with van der Waals surface area (Å²) in [6, 6.07) is 7.67. The van der Waals surface area contributed by atoms with E-state index in [2.05, 4.69) is 36.6 Å². The molecule has 15 heavy (non-hydrogen) atoms. The predicted molar refractivity (Wildman–Crippen MR) is 59.4 cm³/mol. The lowest BCUT2D eigenvalue weighted by atomic mass is 10.2. The van der Waals surface area contributed by atoms with Gasteiger partial charge in [-0.3, -0.25) is 0 Å². The number of hydrogen-bond donors (Lipinski definition) is 1. The van der Waals surface area contributed by atoms with Gasteiger partial charge in [0.25, 0.3) is 5.95 Å². The van der Waals surface area contributed by atoms with Gasteiger partial charge < -0.3 is 5.73 Å². The lowest BCUT2D eigenvalue weighted by Gasteiger charge is -1.95. The van der Waals surface area contributed by atoms with Crippen LogP contribution < -0.4 is 5.73 Å². The van der Waals surface area contributed by atoms with Crippen LogP contribution in [-0.2, 0) is 0 Å². The van der Waals surface area contributed by atoms with Gasteiger partial charge in [-0.25, -0.2) is 0 Å². The van der Waals surface area contributed by atoms with E-state index in [0.29, 0.717) is 0 Å². The van der Waals surface area contributed by atoms with E-state index in [4.69, 9.17) is 5.73 Å². The topological polar surface area (TPSA) is 82.0 Å². The standard InChI is InChI=1S/C8H7BrN6/c9-7-4-2-1-3-6(7)5-11-15-8(10)12-13-14-15/h1-5H,(H2,10,12,14)/b11-5+. The first-order valence-corrected chi connectivity index (χ1v) is 4.89. The Morgan fingerprint density at radius 3 is 2.87 bits per heavy atom. The first-order valence-electron chi connectivity index (χ1n) is 4.10. The number of nitrogen functional groups attached to an aromatic ring is 1. The maximum Gasteiger partial charge on any atom is 0.263 e. The van der Waals surface area contributed by atoms with E-state index in [-0.39, 0.29) is 5.95 Å². The van der Waals surface area contributed by atoms with Gasteiger partial charge in [0.15, 0.2) is 0 Å². The first-order chi connectivity index (χ1) is 7.27. The van der Waals surface area contributed by atoms with Gasteiger partial charge in [0.1, 0.15) is 0 Å². The fourth-order valence-corrected chi connectivity index (χ4v) is 1.36. The Labute approximate surface area is 93.9 Å². The summed E-state index contributed by atoms with van der Waals surface area (Å²) in [4.78, 5) is 1.15. The van der Waals surface area contributed by atoms with Gasteiger partial charge in [-0.1, -0.05) is 44.0 Å². The molecule has 0 radical (unpaired) electrons. The van der Waals surface area contributed by atoms with Gasteiger partial charge >= 0.3 is 0 Å². The van der Waals surface area contributed by atoms with Crippen LogP contribution in [0.4, 0.5) is 5.95 Å². The summed E-state index contributed by atoms with van der Waals surface area (Å²) in [6.07, 6.45) is 1.62. The average Bonchev–Trinajstić information content (AvgIpc) is 2.63. The molecular weight excluding hydrogens is 260 g/mol. The number of nitrogens with zero attached hydrogens (tertiary/aromatic N) is 5. The summed E-state index contributed by atoms with van der Waals surface area (Å²) in [6.45, 7) is 0. The van der Waals surface area contributed by atoms with E-state index >= 15 is 0 Å². The molecule has 0 atom stereocenters. The molecule has 0 fully saturated rings. The molecule has 76 valence electrons. The van der Waals surface area contributed by atoms with Crippen LogP contribution in [0.5, 0.6) is 0 Å². The number of benzene rings is 1. The SMILES string of the molecule is Nc1nnnn1/N=C/c1ccccc1Br. The van der Waals surface area contributed by atoms with Crippen molar-refractivity contribution in [2.75, 3.05) is 5.73 Å². The Kier molecular flexibility index (Phi) is 2.72. The molecule has 0 unspecified atom stereocenters. The molecule has 6 nitrogen and oxygen atoms in total. The van der Waals surface area contributed by atoms with Gasteiger partial charge in [0.2, 0.25) is 0 Å². The van der Waals surface area contributed by atoms with Crippen molar-refractivity contribution in [3.05, 3.63) is 34.3 Å². The Morgan fingerprint density at radius 1 is 1.40 bits per heavy atom. The zero-order valence-electron chi connectivity index (χ0n) is 7.58. The summed E-state index contributed by atoms with van der Waals surface area (Å²) in [5.41, 5.74) is 6.37. The minimum Gasteiger partial charge on any atom is -0.365 e. The highest BCUT2D eigenvalue weighted by molar-refractivity contribution is 9.10. The second-order valence-corrected chi connectivity index (χ2v) is 3.55. The summed E-state index contributed by atoms with van der Waals surface area (Å²) >= 11 is 3.40. The van der Waals surface area contributed by atoms with Gasteiger partial charge in [-0.15, -0.1) is 0 Å². The largest absolute Gasteiger partial charge is 0.365 e. The molecular formula is C8H7BrN6. The quantitative estimate of drug-likeness (QED) is 0.819. The fraction of sp³-hybridized carbons (Fsp3) is 0. The molecule has 0 bridgehead atoms. The zero-order valence-corrected chi connectivity index (χ0v) is 9.16. The Balaban J connectivity index is 2.26. The molecule has 0 spiro atoms.